The highest BCUT2D eigenvalue weighted by atomic mass is 28.3. The van der Waals surface area contributed by atoms with E-state index in [4.69, 9.17) is 0 Å². The highest BCUT2D eigenvalue weighted by molar-refractivity contribution is 6.73. The van der Waals surface area contributed by atoms with Crippen LogP contribution in [-0.4, -0.2) is 17.6 Å². The zero-order valence-corrected chi connectivity index (χ0v) is 12.2. The van der Waals surface area contributed by atoms with Gasteiger partial charge in [0.1, 0.15) is 0 Å². The van der Waals surface area contributed by atoms with Gasteiger partial charge in [-0.15, -0.1) is 0 Å². The van der Waals surface area contributed by atoms with Gasteiger partial charge in [0.25, 0.3) is 0 Å². The van der Waals surface area contributed by atoms with Crippen LogP contribution < -0.4 is 10.4 Å². The van der Waals surface area contributed by atoms with Gasteiger partial charge in [-0.2, -0.15) is 0 Å². The predicted octanol–water partition coefficient (Wildman–Crippen LogP) is 2.23. The Bertz CT molecular complexity index is 294. The summed E-state index contributed by atoms with van der Waals surface area (Å²) >= 11 is 0. The summed E-state index contributed by atoms with van der Waals surface area (Å²) in [6, 6.07) is 4.85. The van der Waals surface area contributed by atoms with Crippen molar-refractivity contribution in [2.45, 2.75) is 40.0 Å². The van der Waals surface area contributed by atoms with Crippen molar-refractivity contribution in [3.8, 4) is 0 Å². The van der Waals surface area contributed by atoms with Crippen LogP contribution in [0.5, 0.6) is 0 Å². The summed E-state index contributed by atoms with van der Waals surface area (Å²) in [4.78, 5) is 0. The molecule has 0 nitrogen and oxygen atoms in total. The van der Waals surface area contributed by atoms with Gasteiger partial charge in [-0.25, -0.2) is 0 Å². The minimum absolute atomic E-state index is 0.295. The van der Waals surface area contributed by atoms with Gasteiger partial charge in [0, 0.05) is 0 Å². The van der Waals surface area contributed by atoms with Crippen LogP contribution >= 0.6 is 0 Å². The van der Waals surface area contributed by atoms with Gasteiger partial charge >= 0.3 is 0 Å². The minimum atomic E-state index is -0.295. The van der Waals surface area contributed by atoms with Gasteiger partial charge in [0.15, 0.2) is 0 Å². The third kappa shape index (κ3) is 2.36. The first kappa shape index (κ1) is 11.7. The van der Waals surface area contributed by atoms with Crippen LogP contribution in [0.2, 0.25) is 26.2 Å². The number of hydrogen-bond acceptors (Lipinski definition) is 0. The third-order valence-corrected chi connectivity index (χ3v) is 5.88. The zero-order chi connectivity index (χ0) is 10.9. The van der Waals surface area contributed by atoms with Crippen molar-refractivity contribution in [2.24, 2.45) is 0 Å². The molecule has 0 N–H and O–H groups in total. The lowest BCUT2D eigenvalue weighted by Gasteiger charge is -2.15. The standard InChI is InChI=1S/C12H20Si2/c1-9-7-12(14(5)6)10(2)8-11(9)13(3)4/h7-8H,1-6H3. The summed E-state index contributed by atoms with van der Waals surface area (Å²) in [6.45, 7) is 14.0. The molecule has 0 fully saturated rings. The first-order valence-corrected chi connectivity index (χ1v) is 10.2. The van der Waals surface area contributed by atoms with E-state index < -0.39 is 0 Å². The first-order chi connectivity index (χ1) is 6.43. The van der Waals surface area contributed by atoms with Gasteiger partial charge < -0.3 is 0 Å². The highest BCUT2D eigenvalue weighted by Gasteiger charge is 2.10. The molecule has 0 aliphatic carbocycles. The molecule has 1 aromatic carbocycles. The Morgan fingerprint density at radius 1 is 0.714 bits per heavy atom. The van der Waals surface area contributed by atoms with Crippen LogP contribution in [0.4, 0.5) is 0 Å². The summed E-state index contributed by atoms with van der Waals surface area (Å²) < 4.78 is 0. The van der Waals surface area contributed by atoms with Crippen molar-refractivity contribution in [3.63, 3.8) is 0 Å². The Kier molecular flexibility index (Phi) is 3.73. The quantitative estimate of drug-likeness (QED) is 0.671. The Morgan fingerprint density at radius 3 is 1.21 bits per heavy atom. The molecule has 0 saturated carbocycles. The summed E-state index contributed by atoms with van der Waals surface area (Å²) in [5.41, 5.74) is 3.02. The van der Waals surface area contributed by atoms with E-state index in [9.17, 15) is 0 Å². The van der Waals surface area contributed by atoms with Crippen molar-refractivity contribution in [1.29, 1.82) is 0 Å². The molecule has 2 heteroatoms. The minimum Gasteiger partial charge on any atom is -0.0671 e. The average molecular weight is 220 g/mol. The third-order valence-electron chi connectivity index (χ3n) is 2.65. The molecule has 14 heavy (non-hydrogen) atoms. The Hall–Kier alpha value is -0.346. The maximum absolute atomic E-state index is 2.43. The van der Waals surface area contributed by atoms with Crippen LogP contribution in [0, 0.1) is 13.8 Å². The normalized spacial score (nSPS) is 11.4. The monoisotopic (exact) mass is 220 g/mol. The van der Waals surface area contributed by atoms with E-state index in [1.165, 1.54) is 11.1 Å². The van der Waals surface area contributed by atoms with Crippen LogP contribution in [0.25, 0.3) is 0 Å². The predicted molar refractivity (Wildman–Crippen MR) is 70.1 cm³/mol. The van der Waals surface area contributed by atoms with E-state index >= 15 is 0 Å². The largest absolute Gasteiger partial charge is 0.0795 e. The van der Waals surface area contributed by atoms with E-state index in [2.05, 4.69) is 52.2 Å². The lowest BCUT2D eigenvalue weighted by atomic mass is 10.2. The number of aryl methyl sites for hydroxylation is 2. The fourth-order valence-corrected chi connectivity index (χ4v) is 4.63. The van der Waals surface area contributed by atoms with Gasteiger partial charge in [0.2, 0.25) is 0 Å². The smallest absolute Gasteiger partial charge is 0.0671 e. The molecule has 0 bridgehead atoms. The lowest BCUT2D eigenvalue weighted by molar-refractivity contribution is 1.45. The van der Waals surface area contributed by atoms with E-state index in [0.29, 0.717) is 0 Å². The van der Waals surface area contributed by atoms with Crippen molar-refractivity contribution in [1.82, 2.24) is 0 Å². The fraction of sp³-hybridized carbons (Fsp3) is 0.500. The number of benzene rings is 1. The van der Waals surface area contributed by atoms with Crippen LogP contribution in [0.3, 0.4) is 0 Å². The Labute approximate surface area is 91.6 Å². The molecule has 1 rings (SSSR count). The number of rotatable bonds is 2. The second kappa shape index (κ2) is 4.45. The van der Waals surface area contributed by atoms with Crippen molar-refractivity contribution >= 4 is 28.0 Å². The zero-order valence-electron chi connectivity index (χ0n) is 10.2. The van der Waals surface area contributed by atoms with E-state index in [0.717, 1.165) is 0 Å². The summed E-state index contributed by atoms with van der Waals surface area (Å²) in [5.74, 6) is 0. The second-order valence-corrected chi connectivity index (χ2v) is 9.56. The summed E-state index contributed by atoms with van der Waals surface area (Å²) in [6.07, 6.45) is 0. The molecule has 0 aliphatic heterocycles. The molecule has 0 saturated heterocycles. The molecule has 76 valence electrons. The Balaban J connectivity index is 3.24. The molecule has 1 aromatic rings. The highest BCUT2D eigenvalue weighted by Crippen LogP contribution is 2.02. The average Bonchev–Trinajstić information content (AvgIpc) is 2.07. The molecule has 0 unspecified atom stereocenters. The molecule has 0 spiro atoms. The second-order valence-electron chi connectivity index (χ2n) is 4.48. The number of hydrogen-bond donors (Lipinski definition) is 0. The molecule has 2 radical (unpaired) electrons. The van der Waals surface area contributed by atoms with Crippen LogP contribution in [-0.2, 0) is 0 Å². The van der Waals surface area contributed by atoms with Gasteiger partial charge in [0.05, 0.1) is 17.6 Å². The van der Waals surface area contributed by atoms with Crippen LogP contribution in [0.15, 0.2) is 12.1 Å². The van der Waals surface area contributed by atoms with Crippen molar-refractivity contribution in [3.05, 3.63) is 23.3 Å². The lowest BCUT2D eigenvalue weighted by Crippen LogP contribution is -2.33. The Morgan fingerprint density at radius 2 is 1.00 bits per heavy atom. The fourth-order valence-electron chi connectivity index (χ4n) is 1.89. The van der Waals surface area contributed by atoms with Crippen LogP contribution in [0.1, 0.15) is 11.1 Å². The summed E-state index contributed by atoms with van der Waals surface area (Å²) in [5, 5.41) is 3.22. The van der Waals surface area contributed by atoms with E-state index in [-0.39, 0.29) is 17.6 Å². The molecular formula is C12H20Si2. The van der Waals surface area contributed by atoms with E-state index in [1.807, 2.05) is 0 Å². The maximum atomic E-state index is 2.43. The van der Waals surface area contributed by atoms with Gasteiger partial charge in [-0.1, -0.05) is 59.8 Å². The molecular weight excluding hydrogens is 200 g/mol. The topological polar surface area (TPSA) is 0 Å². The molecule has 0 heterocycles. The summed E-state index contributed by atoms with van der Waals surface area (Å²) in [7, 11) is -0.590. The molecule has 0 aromatic heterocycles. The molecule has 0 aliphatic rings. The van der Waals surface area contributed by atoms with Crippen molar-refractivity contribution in [2.75, 3.05) is 0 Å². The van der Waals surface area contributed by atoms with E-state index in [1.54, 1.807) is 10.4 Å². The molecule has 0 atom stereocenters. The van der Waals surface area contributed by atoms with Gasteiger partial charge in [-0.05, 0) is 13.8 Å². The molecule has 0 amide bonds. The first-order valence-electron chi connectivity index (χ1n) is 5.15. The maximum Gasteiger partial charge on any atom is 0.0795 e. The van der Waals surface area contributed by atoms with Gasteiger partial charge in [-0.3, -0.25) is 0 Å². The SMILES string of the molecule is Cc1cc([Si](C)C)c(C)cc1[Si](C)C. The van der Waals surface area contributed by atoms with Crippen molar-refractivity contribution < 1.29 is 0 Å².